The fraction of sp³-hybridized carbons (Fsp3) is 0.625. The molecule has 1 aromatic rings. The lowest BCUT2D eigenvalue weighted by molar-refractivity contribution is 0.261. The summed E-state index contributed by atoms with van der Waals surface area (Å²) < 4.78 is 5.82. The first-order chi connectivity index (χ1) is 9.20. The van der Waals surface area contributed by atoms with Crippen LogP contribution >= 0.6 is 0 Å². The molecule has 2 rings (SSSR count). The van der Waals surface area contributed by atoms with E-state index in [0.717, 1.165) is 25.4 Å². The number of aryl methyl sites for hydroxylation is 1. The summed E-state index contributed by atoms with van der Waals surface area (Å²) in [6.07, 6.45) is 3.70. The van der Waals surface area contributed by atoms with E-state index in [4.69, 9.17) is 4.74 Å². The first-order valence-electron chi connectivity index (χ1n) is 7.34. The normalized spacial score (nSPS) is 18.4. The summed E-state index contributed by atoms with van der Waals surface area (Å²) in [5, 5.41) is 3.57. The van der Waals surface area contributed by atoms with Crippen molar-refractivity contribution < 1.29 is 4.74 Å². The van der Waals surface area contributed by atoms with Gasteiger partial charge in [-0.15, -0.1) is 0 Å². The number of nitrogens with one attached hydrogen (secondary N) is 1. The second kappa shape index (κ2) is 6.92. The average molecular weight is 262 g/mol. The Balaban J connectivity index is 2.02. The number of fused-ring (bicyclic) bond motifs is 1. The fourth-order valence-corrected chi connectivity index (χ4v) is 2.68. The van der Waals surface area contributed by atoms with Gasteiger partial charge in [-0.2, -0.15) is 0 Å². The molecule has 1 atom stereocenters. The van der Waals surface area contributed by atoms with Crippen LogP contribution in [-0.2, 0) is 6.42 Å². The Morgan fingerprint density at radius 2 is 2.21 bits per heavy atom. The van der Waals surface area contributed by atoms with E-state index in [9.17, 15) is 0 Å². The van der Waals surface area contributed by atoms with Crippen LogP contribution in [0, 0.1) is 0 Å². The van der Waals surface area contributed by atoms with Gasteiger partial charge in [0.25, 0.3) is 0 Å². The van der Waals surface area contributed by atoms with Crippen molar-refractivity contribution in [2.24, 2.45) is 0 Å². The van der Waals surface area contributed by atoms with Gasteiger partial charge in [-0.05, 0) is 63.2 Å². The molecule has 106 valence electrons. The second-order valence-corrected chi connectivity index (χ2v) is 5.51. The van der Waals surface area contributed by atoms with Crippen molar-refractivity contribution in [2.75, 3.05) is 33.8 Å². The van der Waals surface area contributed by atoms with E-state index >= 15 is 0 Å². The van der Waals surface area contributed by atoms with E-state index < -0.39 is 0 Å². The summed E-state index contributed by atoms with van der Waals surface area (Å²) in [6, 6.07) is 7.12. The molecule has 0 fully saturated rings. The first kappa shape index (κ1) is 14.4. The molecule has 3 nitrogen and oxygen atoms in total. The molecule has 3 heteroatoms. The zero-order chi connectivity index (χ0) is 13.7. The fourth-order valence-electron chi connectivity index (χ4n) is 2.68. The van der Waals surface area contributed by atoms with Crippen molar-refractivity contribution in [3.05, 3.63) is 29.3 Å². The summed E-state index contributed by atoms with van der Waals surface area (Å²) in [5.41, 5.74) is 2.92. The maximum absolute atomic E-state index is 5.82. The molecule has 0 amide bonds. The number of hydrogen-bond acceptors (Lipinski definition) is 3. The van der Waals surface area contributed by atoms with E-state index in [-0.39, 0.29) is 0 Å². The van der Waals surface area contributed by atoms with Crippen molar-refractivity contribution >= 4 is 0 Å². The maximum Gasteiger partial charge on any atom is 0.119 e. The predicted molar refractivity (Wildman–Crippen MR) is 79.8 cm³/mol. The topological polar surface area (TPSA) is 24.5 Å². The van der Waals surface area contributed by atoms with Crippen molar-refractivity contribution in [1.29, 1.82) is 0 Å². The Bertz CT molecular complexity index is 404. The van der Waals surface area contributed by atoms with E-state index in [2.05, 4.69) is 49.4 Å². The zero-order valence-electron chi connectivity index (χ0n) is 12.4. The van der Waals surface area contributed by atoms with Gasteiger partial charge < -0.3 is 15.0 Å². The highest BCUT2D eigenvalue weighted by Crippen LogP contribution is 2.32. The van der Waals surface area contributed by atoms with Crippen molar-refractivity contribution in [2.45, 2.75) is 32.2 Å². The van der Waals surface area contributed by atoms with Crippen LogP contribution in [0.25, 0.3) is 0 Å². The minimum atomic E-state index is 0.532. The Morgan fingerprint density at radius 1 is 1.37 bits per heavy atom. The average Bonchev–Trinajstić information content (AvgIpc) is 2.39. The second-order valence-electron chi connectivity index (χ2n) is 5.51. The molecular formula is C16H26N2O. The summed E-state index contributed by atoms with van der Waals surface area (Å²) in [6.45, 7) is 4.91. The molecule has 1 aromatic carbocycles. The Labute approximate surface area is 116 Å². The quantitative estimate of drug-likeness (QED) is 0.853. The smallest absolute Gasteiger partial charge is 0.119 e. The highest BCUT2D eigenvalue weighted by atomic mass is 16.5. The summed E-state index contributed by atoms with van der Waals surface area (Å²) in [5.74, 6) is 1.01. The van der Waals surface area contributed by atoms with Gasteiger partial charge in [0.05, 0.1) is 0 Å². The lowest BCUT2D eigenvalue weighted by atomic mass is 9.87. The summed E-state index contributed by atoms with van der Waals surface area (Å²) in [7, 11) is 4.13. The van der Waals surface area contributed by atoms with Crippen molar-refractivity contribution in [3.63, 3.8) is 0 Å². The highest BCUT2D eigenvalue weighted by molar-refractivity contribution is 5.39. The Kier molecular flexibility index (Phi) is 5.23. The van der Waals surface area contributed by atoms with Gasteiger partial charge in [0, 0.05) is 12.6 Å². The molecule has 0 bridgehead atoms. The van der Waals surface area contributed by atoms with Crippen LogP contribution in [0.1, 0.15) is 36.9 Å². The van der Waals surface area contributed by atoms with Crippen LogP contribution in [0.5, 0.6) is 5.75 Å². The van der Waals surface area contributed by atoms with Gasteiger partial charge in [-0.1, -0.05) is 13.0 Å². The van der Waals surface area contributed by atoms with Crippen molar-refractivity contribution in [1.82, 2.24) is 10.2 Å². The van der Waals surface area contributed by atoms with Crippen LogP contribution in [0.2, 0.25) is 0 Å². The Hall–Kier alpha value is -1.06. The van der Waals surface area contributed by atoms with Crippen LogP contribution in [0.3, 0.4) is 0 Å². The van der Waals surface area contributed by atoms with Gasteiger partial charge in [-0.25, -0.2) is 0 Å². The van der Waals surface area contributed by atoms with E-state index in [1.54, 1.807) is 0 Å². The molecule has 0 spiro atoms. The van der Waals surface area contributed by atoms with E-state index in [1.807, 2.05) is 0 Å². The molecule has 0 saturated carbocycles. The van der Waals surface area contributed by atoms with Gasteiger partial charge in [0.2, 0.25) is 0 Å². The molecule has 0 saturated heterocycles. The molecule has 0 aromatic heterocycles. The number of ether oxygens (including phenoxy) is 1. The van der Waals surface area contributed by atoms with Gasteiger partial charge in [0.15, 0.2) is 0 Å². The minimum absolute atomic E-state index is 0.532. The molecular weight excluding hydrogens is 236 g/mol. The Morgan fingerprint density at radius 3 is 2.95 bits per heavy atom. The molecule has 1 unspecified atom stereocenters. The van der Waals surface area contributed by atoms with Crippen LogP contribution < -0.4 is 10.1 Å². The van der Waals surface area contributed by atoms with Gasteiger partial charge in [-0.3, -0.25) is 0 Å². The van der Waals surface area contributed by atoms with Crippen LogP contribution in [0.4, 0.5) is 0 Å². The molecule has 1 aliphatic rings. The highest BCUT2D eigenvalue weighted by Gasteiger charge is 2.19. The molecule has 0 radical (unpaired) electrons. The minimum Gasteiger partial charge on any atom is -0.492 e. The molecule has 19 heavy (non-hydrogen) atoms. The molecule has 0 aliphatic heterocycles. The monoisotopic (exact) mass is 262 g/mol. The predicted octanol–water partition coefficient (Wildman–Crippen LogP) is 2.61. The lowest BCUT2D eigenvalue weighted by Gasteiger charge is -2.26. The third kappa shape index (κ3) is 3.95. The lowest BCUT2D eigenvalue weighted by Crippen LogP contribution is -2.25. The SMILES string of the molecule is CCNC1CCCc2cc(OCCN(C)C)ccc21. The third-order valence-electron chi connectivity index (χ3n) is 3.69. The molecule has 1 N–H and O–H groups in total. The third-order valence-corrected chi connectivity index (χ3v) is 3.69. The molecule has 0 heterocycles. The first-order valence-corrected chi connectivity index (χ1v) is 7.34. The van der Waals surface area contributed by atoms with E-state index in [1.165, 1.54) is 30.4 Å². The van der Waals surface area contributed by atoms with Crippen LogP contribution in [-0.4, -0.2) is 38.7 Å². The number of hydrogen-bond donors (Lipinski definition) is 1. The van der Waals surface area contributed by atoms with E-state index in [0.29, 0.717) is 6.04 Å². The number of rotatable bonds is 6. The van der Waals surface area contributed by atoms with Crippen LogP contribution in [0.15, 0.2) is 18.2 Å². The zero-order valence-corrected chi connectivity index (χ0v) is 12.4. The standard InChI is InChI=1S/C16H26N2O/c1-4-17-16-7-5-6-13-12-14(8-9-15(13)16)19-11-10-18(2)3/h8-9,12,16-17H,4-7,10-11H2,1-3H3. The van der Waals surface area contributed by atoms with Gasteiger partial charge >= 0.3 is 0 Å². The number of likely N-dealkylation sites (N-methyl/N-ethyl adjacent to an activating group) is 1. The van der Waals surface area contributed by atoms with Crippen molar-refractivity contribution in [3.8, 4) is 5.75 Å². The molecule has 1 aliphatic carbocycles. The number of benzene rings is 1. The summed E-state index contributed by atoms with van der Waals surface area (Å²) >= 11 is 0. The van der Waals surface area contributed by atoms with Gasteiger partial charge in [0.1, 0.15) is 12.4 Å². The number of nitrogens with zero attached hydrogens (tertiary/aromatic N) is 1. The summed E-state index contributed by atoms with van der Waals surface area (Å²) in [4.78, 5) is 2.14. The largest absolute Gasteiger partial charge is 0.492 e. The maximum atomic E-state index is 5.82.